The number of carbonyl (C=O) groups excluding carboxylic acids is 2. The molecule has 1 saturated carbocycles. The Labute approximate surface area is 114 Å². The zero-order valence-electron chi connectivity index (χ0n) is 10.6. The number of benzene rings is 1. The van der Waals surface area contributed by atoms with Gasteiger partial charge < -0.3 is 5.32 Å². The van der Waals surface area contributed by atoms with Crippen LogP contribution in [-0.4, -0.2) is 22.0 Å². The maximum Gasteiger partial charge on any atom is 0.276 e. The SMILES string of the molecule is O=C(NO)c1cnc2ccc(NC(=O)C3CC3)cc2c1. The number of aromatic nitrogens is 1. The van der Waals surface area contributed by atoms with E-state index in [2.05, 4.69) is 10.3 Å². The number of nitrogens with one attached hydrogen (secondary N) is 2. The van der Waals surface area contributed by atoms with E-state index in [0.29, 0.717) is 11.2 Å². The smallest absolute Gasteiger partial charge is 0.276 e. The van der Waals surface area contributed by atoms with Crippen molar-refractivity contribution in [2.75, 3.05) is 5.32 Å². The minimum atomic E-state index is -0.619. The lowest BCUT2D eigenvalue weighted by Crippen LogP contribution is -2.18. The Morgan fingerprint density at radius 1 is 1.25 bits per heavy atom. The molecule has 0 unspecified atom stereocenters. The third-order valence-electron chi connectivity index (χ3n) is 3.26. The van der Waals surface area contributed by atoms with Crippen molar-refractivity contribution in [2.45, 2.75) is 12.8 Å². The number of hydrogen-bond acceptors (Lipinski definition) is 4. The molecule has 0 bridgehead atoms. The van der Waals surface area contributed by atoms with Crippen molar-refractivity contribution in [1.29, 1.82) is 0 Å². The van der Waals surface area contributed by atoms with Gasteiger partial charge in [0.25, 0.3) is 5.91 Å². The maximum atomic E-state index is 11.7. The van der Waals surface area contributed by atoms with Gasteiger partial charge in [0.05, 0.1) is 11.1 Å². The second-order valence-corrected chi connectivity index (χ2v) is 4.84. The number of amides is 2. The molecule has 2 amide bonds. The summed E-state index contributed by atoms with van der Waals surface area (Å²) in [5.74, 6) is -0.455. The Bertz CT molecular complexity index is 695. The molecule has 1 aromatic heterocycles. The van der Waals surface area contributed by atoms with Gasteiger partial charge in [-0.2, -0.15) is 0 Å². The molecule has 0 radical (unpaired) electrons. The van der Waals surface area contributed by atoms with E-state index in [9.17, 15) is 9.59 Å². The number of carbonyl (C=O) groups is 2. The van der Waals surface area contributed by atoms with Gasteiger partial charge in [0.15, 0.2) is 0 Å². The van der Waals surface area contributed by atoms with E-state index < -0.39 is 5.91 Å². The van der Waals surface area contributed by atoms with E-state index >= 15 is 0 Å². The lowest BCUT2D eigenvalue weighted by atomic mass is 10.1. The second-order valence-electron chi connectivity index (χ2n) is 4.84. The molecule has 1 heterocycles. The molecule has 3 N–H and O–H groups in total. The van der Waals surface area contributed by atoms with Crippen LogP contribution in [0.2, 0.25) is 0 Å². The Hall–Kier alpha value is -2.47. The predicted octanol–water partition coefficient (Wildman–Crippen LogP) is 1.70. The van der Waals surface area contributed by atoms with Crippen molar-refractivity contribution < 1.29 is 14.8 Å². The number of rotatable bonds is 3. The summed E-state index contributed by atoms with van der Waals surface area (Å²) in [6.07, 6.45) is 3.28. The first-order chi connectivity index (χ1) is 9.67. The standard InChI is InChI=1S/C14H13N3O3/c18-13(8-1-2-8)16-11-3-4-12-9(6-11)5-10(7-15-12)14(19)17-20/h3-8,20H,1-2H2,(H,16,18)(H,17,19). The van der Waals surface area contributed by atoms with Gasteiger partial charge in [0, 0.05) is 23.2 Å². The van der Waals surface area contributed by atoms with E-state index in [4.69, 9.17) is 5.21 Å². The number of fused-ring (bicyclic) bond motifs is 1. The average Bonchev–Trinajstić information content (AvgIpc) is 3.30. The van der Waals surface area contributed by atoms with Crippen molar-refractivity contribution in [3.8, 4) is 0 Å². The van der Waals surface area contributed by atoms with E-state index in [1.54, 1.807) is 29.7 Å². The summed E-state index contributed by atoms with van der Waals surface area (Å²) in [4.78, 5) is 27.2. The lowest BCUT2D eigenvalue weighted by molar-refractivity contribution is -0.117. The molecule has 6 heteroatoms. The molecule has 2 aromatic rings. The number of nitrogens with zero attached hydrogens (tertiary/aromatic N) is 1. The molecule has 6 nitrogen and oxygen atoms in total. The molecule has 1 aliphatic carbocycles. The molecule has 1 aromatic carbocycles. The Morgan fingerprint density at radius 3 is 2.75 bits per heavy atom. The van der Waals surface area contributed by atoms with Crippen molar-refractivity contribution in [3.63, 3.8) is 0 Å². The highest BCUT2D eigenvalue weighted by Crippen LogP contribution is 2.30. The first-order valence-corrected chi connectivity index (χ1v) is 6.32. The van der Waals surface area contributed by atoms with Crippen molar-refractivity contribution in [2.24, 2.45) is 5.92 Å². The van der Waals surface area contributed by atoms with Gasteiger partial charge in [-0.25, -0.2) is 5.48 Å². The highest BCUT2D eigenvalue weighted by atomic mass is 16.5. The fourth-order valence-electron chi connectivity index (χ4n) is 1.99. The van der Waals surface area contributed by atoms with Crippen LogP contribution >= 0.6 is 0 Å². The van der Waals surface area contributed by atoms with Crippen LogP contribution in [0.15, 0.2) is 30.5 Å². The third-order valence-corrected chi connectivity index (χ3v) is 3.26. The van der Waals surface area contributed by atoms with E-state index in [1.807, 2.05) is 0 Å². The van der Waals surface area contributed by atoms with Gasteiger partial charge >= 0.3 is 0 Å². The Morgan fingerprint density at radius 2 is 2.05 bits per heavy atom. The largest absolute Gasteiger partial charge is 0.326 e. The van der Waals surface area contributed by atoms with Gasteiger partial charge in [0.2, 0.25) is 5.91 Å². The summed E-state index contributed by atoms with van der Waals surface area (Å²) in [5, 5.41) is 12.2. The molecule has 1 fully saturated rings. The van der Waals surface area contributed by atoms with E-state index in [-0.39, 0.29) is 17.4 Å². The first kappa shape index (κ1) is 12.6. The first-order valence-electron chi connectivity index (χ1n) is 6.32. The maximum absolute atomic E-state index is 11.7. The quantitative estimate of drug-likeness (QED) is 0.585. The Kier molecular flexibility index (Phi) is 3.08. The van der Waals surface area contributed by atoms with Crippen LogP contribution < -0.4 is 10.8 Å². The summed E-state index contributed by atoms with van der Waals surface area (Å²) < 4.78 is 0. The lowest BCUT2D eigenvalue weighted by Gasteiger charge is -2.06. The zero-order valence-corrected chi connectivity index (χ0v) is 10.6. The van der Waals surface area contributed by atoms with Crippen LogP contribution in [0.5, 0.6) is 0 Å². The molecule has 1 aliphatic rings. The van der Waals surface area contributed by atoms with Gasteiger partial charge in [-0.1, -0.05) is 0 Å². The van der Waals surface area contributed by atoms with Crippen LogP contribution in [0.1, 0.15) is 23.2 Å². The molecule has 0 saturated heterocycles. The predicted molar refractivity (Wildman–Crippen MR) is 72.3 cm³/mol. The molecule has 0 spiro atoms. The van der Waals surface area contributed by atoms with Crippen LogP contribution in [0.4, 0.5) is 5.69 Å². The number of anilines is 1. The highest BCUT2D eigenvalue weighted by Gasteiger charge is 2.29. The van der Waals surface area contributed by atoms with E-state index in [1.165, 1.54) is 6.20 Å². The number of hydrogen-bond donors (Lipinski definition) is 3. The summed E-state index contributed by atoms with van der Waals surface area (Å²) in [6, 6.07) is 6.93. The van der Waals surface area contributed by atoms with Crippen LogP contribution in [0.3, 0.4) is 0 Å². The molecule has 0 aliphatic heterocycles. The van der Waals surface area contributed by atoms with Crippen molar-refractivity contribution in [3.05, 3.63) is 36.0 Å². The monoisotopic (exact) mass is 271 g/mol. The molecular weight excluding hydrogens is 258 g/mol. The van der Waals surface area contributed by atoms with Crippen LogP contribution in [0, 0.1) is 5.92 Å². The summed E-state index contributed by atoms with van der Waals surface area (Å²) in [5.41, 5.74) is 3.21. The van der Waals surface area contributed by atoms with Crippen molar-refractivity contribution >= 4 is 28.4 Å². The second kappa shape index (κ2) is 4.90. The van der Waals surface area contributed by atoms with Crippen molar-refractivity contribution in [1.82, 2.24) is 10.5 Å². The van der Waals surface area contributed by atoms with E-state index in [0.717, 1.165) is 18.2 Å². The number of pyridine rings is 1. The fourth-order valence-corrected chi connectivity index (χ4v) is 1.99. The van der Waals surface area contributed by atoms with Gasteiger partial charge in [-0.15, -0.1) is 0 Å². The van der Waals surface area contributed by atoms with Gasteiger partial charge in [-0.3, -0.25) is 19.8 Å². The molecular formula is C14H13N3O3. The Balaban J connectivity index is 1.91. The minimum absolute atomic E-state index is 0.0292. The third kappa shape index (κ3) is 2.46. The molecule has 20 heavy (non-hydrogen) atoms. The molecule has 0 atom stereocenters. The molecule has 102 valence electrons. The highest BCUT2D eigenvalue weighted by molar-refractivity contribution is 5.99. The summed E-state index contributed by atoms with van der Waals surface area (Å²) in [6.45, 7) is 0. The summed E-state index contributed by atoms with van der Waals surface area (Å²) in [7, 11) is 0. The van der Waals surface area contributed by atoms with Crippen LogP contribution in [-0.2, 0) is 4.79 Å². The minimum Gasteiger partial charge on any atom is -0.326 e. The number of hydroxylamine groups is 1. The molecule has 3 rings (SSSR count). The van der Waals surface area contributed by atoms with Gasteiger partial charge in [-0.05, 0) is 37.1 Å². The fraction of sp³-hybridized carbons (Fsp3) is 0.214. The van der Waals surface area contributed by atoms with Gasteiger partial charge in [0.1, 0.15) is 0 Å². The summed E-state index contributed by atoms with van der Waals surface area (Å²) >= 11 is 0. The normalized spacial score (nSPS) is 14.1. The topological polar surface area (TPSA) is 91.3 Å². The zero-order chi connectivity index (χ0) is 14.1. The van der Waals surface area contributed by atoms with Crippen LogP contribution in [0.25, 0.3) is 10.9 Å². The average molecular weight is 271 g/mol.